The molecule has 2 rings (SSSR count). The van der Waals surface area contributed by atoms with Crippen molar-refractivity contribution in [1.82, 2.24) is 9.97 Å². The van der Waals surface area contributed by atoms with Crippen LogP contribution in [0.2, 0.25) is 0 Å². The fraction of sp³-hybridized carbons (Fsp3) is 0.600. The first-order valence-electron chi connectivity index (χ1n) is 5.16. The number of hydrogen-bond acceptors (Lipinski definition) is 3. The SMILES string of the molecule is CC1CCCN(c2nc[nH]c(=O)c2I)C1. The van der Waals surface area contributed by atoms with Gasteiger partial charge in [-0.2, -0.15) is 0 Å². The Hall–Kier alpha value is -0.590. The molecule has 1 aliphatic heterocycles. The summed E-state index contributed by atoms with van der Waals surface area (Å²) in [5.41, 5.74) is -0.0428. The van der Waals surface area contributed by atoms with Gasteiger partial charge in [0, 0.05) is 13.1 Å². The van der Waals surface area contributed by atoms with Crippen LogP contribution in [0, 0.1) is 9.49 Å². The van der Waals surface area contributed by atoms with E-state index in [0.29, 0.717) is 9.49 Å². The van der Waals surface area contributed by atoms with Gasteiger partial charge < -0.3 is 9.88 Å². The largest absolute Gasteiger partial charge is 0.355 e. The summed E-state index contributed by atoms with van der Waals surface area (Å²) in [6, 6.07) is 0. The smallest absolute Gasteiger partial charge is 0.266 e. The zero-order valence-corrected chi connectivity index (χ0v) is 10.8. The molecule has 82 valence electrons. The molecular weight excluding hydrogens is 305 g/mol. The van der Waals surface area contributed by atoms with E-state index in [1.165, 1.54) is 19.2 Å². The second-order valence-corrected chi connectivity index (χ2v) is 5.14. The van der Waals surface area contributed by atoms with E-state index in [0.717, 1.165) is 18.9 Å². The zero-order valence-electron chi connectivity index (χ0n) is 8.66. The van der Waals surface area contributed by atoms with Crippen molar-refractivity contribution in [3.63, 3.8) is 0 Å². The van der Waals surface area contributed by atoms with Gasteiger partial charge in [-0.3, -0.25) is 4.79 Å². The summed E-state index contributed by atoms with van der Waals surface area (Å²) in [4.78, 5) is 20.5. The maximum absolute atomic E-state index is 11.4. The van der Waals surface area contributed by atoms with Crippen LogP contribution < -0.4 is 10.5 Å². The summed E-state index contributed by atoms with van der Waals surface area (Å²) in [6.07, 6.45) is 3.95. The van der Waals surface area contributed by atoms with Gasteiger partial charge in [0.15, 0.2) is 0 Å². The number of aromatic amines is 1. The molecule has 1 aliphatic rings. The summed E-state index contributed by atoms with van der Waals surface area (Å²) in [7, 11) is 0. The summed E-state index contributed by atoms with van der Waals surface area (Å²) < 4.78 is 0.698. The van der Waals surface area contributed by atoms with Crippen molar-refractivity contribution in [3.8, 4) is 0 Å². The van der Waals surface area contributed by atoms with Gasteiger partial charge in [-0.15, -0.1) is 0 Å². The summed E-state index contributed by atoms with van der Waals surface area (Å²) >= 11 is 2.07. The molecule has 2 heterocycles. The second-order valence-electron chi connectivity index (χ2n) is 4.06. The molecule has 0 aliphatic carbocycles. The van der Waals surface area contributed by atoms with E-state index in [4.69, 9.17) is 0 Å². The fourth-order valence-electron chi connectivity index (χ4n) is 1.98. The highest BCUT2D eigenvalue weighted by molar-refractivity contribution is 14.1. The first kappa shape index (κ1) is 10.9. The number of aromatic nitrogens is 2. The van der Waals surface area contributed by atoms with Crippen LogP contribution in [0.25, 0.3) is 0 Å². The number of nitrogens with zero attached hydrogens (tertiary/aromatic N) is 2. The summed E-state index contributed by atoms with van der Waals surface area (Å²) in [5.74, 6) is 1.53. The maximum atomic E-state index is 11.4. The molecule has 1 unspecified atom stereocenters. The molecule has 0 amide bonds. The van der Waals surface area contributed by atoms with Crippen molar-refractivity contribution < 1.29 is 0 Å². The molecule has 1 N–H and O–H groups in total. The van der Waals surface area contributed by atoms with Crippen molar-refractivity contribution in [2.45, 2.75) is 19.8 Å². The van der Waals surface area contributed by atoms with Crippen LogP contribution in [0.3, 0.4) is 0 Å². The Balaban J connectivity index is 2.28. The minimum absolute atomic E-state index is 0.0428. The number of hydrogen-bond donors (Lipinski definition) is 1. The Morgan fingerprint density at radius 1 is 1.67 bits per heavy atom. The maximum Gasteiger partial charge on any atom is 0.266 e. The zero-order chi connectivity index (χ0) is 10.8. The Morgan fingerprint density at radius 3 is 3.20 bits per heavy atom. The highest BCUT2D eigenvalue weighted by Gasteiger charge is 2.20. The molecule has 1 saturated heterocycles. The van der Waals surface area contributed by atoms with Crippen LogP contribution >= 0.6 is 22.6 Å². The van der Waals surface area contributed by atoms with Gasteiger partial charge in [-0.05, 0) is 41.4 Å². The first-order chi connectivity index (χ1) is 7.18. The summed E-state index contributed by atoms with van der Waals surface area (Å²) in [5, 5.41) is 0. The molecule has 0 spiro atoms. The normalized spacial score (nSPS) is 21.7. The van der Waals surface area contributed by atoms with E-state index in [-0.39, 0.29) is 5.56 Å². The van der Waals surface area contributed by atoms with Gasteiger partial charge in [0.25, 0.3) is 5.56 Å². The van der Waals surface area contributed by atoms with Gasteiger partial charge in [0.05, 0.1) is 6.33 Å². The molecule has 4 nitrogen and oxygen atoms in total. The van der Waals surface area contributed by atoms with Gasteiger partial charge in [-0.25, -0.2) is 4.98 Å². The number of nitrogens with one attached hydrogen (secondary N) is 1. The van der Waals surface area contributed by atoms with Crippen molar-refractivity contribution in [3.05, 3.63) is 20.3 Å². The van der Waals surface area contributed by atoms with Crippen LogP contribution in [0.15, 0.2) is 11.1 Å². The van der Waals surface area contributed by atoms with Crippen molar-refractivity contribution in [1.29, 1.82) is 0 Å². The van der Waals surface area contributed by atoms with Gasteiger partial charge in [-0.1, -0.05) is 6.92 Å². The van der Waals surface area contributed by atoms with E-state index in [1.807, 2.05) is 0 Å². The lowest BCUT2D eigenvalue weighted by Gasteiger charge is -2.32. The van der Waals surface area contributed by atoms with E-state index < -0.39 is 0 Å². The molecule has 0 radical (unpaired) electrons. The molecule has 15 heavy (non-hydrogen) atoms. The average Bonchev–Trinajstić information content (AvgIpc) is 2.22. The van der Waals surface area contributed by atoms with Crippen molar-refractivity contribution in [2.75, 3.05) is 18.0 Å². The molecule has 1 fully saturated rings. The topological polar surface area (TPSA) is 49.0 Å². The van der Waals surface area contributed by atoms with E-state index >= 15 is 0 Å². The molecule has 1 aromatic heterocycles. The van der Waals surface area contributed by atoms with Gasteiger partial charge >= 0.3 is 0 Å². The van der Waals surface area contributed by atoms with Gasteiger partial charge in [0.1, 0.15) is 9.39 Å². The molecule has 1 aromatic rings. The second kappa shape index (κ2) is 4.51. The monoisotopic (exact) mass is 319 g/mol. The minimum Gasteiger partial charge on any atom is -0.355 e. The molecule has 5 heteroatoms. The third kappa shape index (κ3) is 2.32. The Kier molecular flexibility index (Phi) is 3.28. The van der Waals surface area contributed by atoms with Gasteiger partial charge in [0.2, 0.25) is 0 Å². The quantitative estimate of drug-likeness (QED) is 0.800. The molecular formula is C10H14IN3O. The lowest BCUT2D eigenvalue weighted by molar-refractivity contribution is 0.444. The first-order valence-corrected chi connectivity index (χ1v) is 6.24. The Morgan fingerprint density at radius 2 is 2.47 bits per heavy atom. The summed E-state index contributed by atoms with van der Waals surface area (Å²) in [6.45, 7) is 4.26. The van der Waals surface area contributed by atoms with Crippen molar-refractivity contribution >= 4 is 28.4 Å². The lowest BCUT2D eigenvalue weighted by Crippen LogP contribution is -2.36. The highest BCUT2D eigenvalue weighted by Crippen LogP contribution is 2.22. The number of anilines is 1. The third-order valence-electron chi connectivity index (χ3n) is 2.73. The number of H-pyrrole nitrogens is 1. The fourth-order valence-corrected chi connectivity index (χ4v) is 2.61. The van der Waals surface area contributed by atoms with E-state index in [2.05, 4.69) is 44.4 Å². The van der Waals surface area contributed by atoms with Crippen LogP contribution in [-0.2, 0) is 0 Å². The Labute approximate surface area is 102 Å². The minimum atomic E-state index is -0.0428. The number of rotatable bonds is 1. The molecule has 0 saturated carbocycles. The predicted molar refractivity (Wildman–Crippen MR) is 68.2 cm³/mol. The number of halogens is 1. The molecule has 0 aromatic carbocycles. The van der Waals surface area contributed by atoms with Crippen molar-refractivity contribution in [2.24, 2.45) is 5.92 Å². The van der Waals surface area contributed by atoms with Crippen LogP contribution in [0.4, 0.5) is 5.82 Å². The van der Waals surface area contributed by atoms with Crippen LogP contribution in [0.5, 0.6) is 0 Å². The third-order valence-corrected chi connectivity index (χ3v) is 3.71. The Bertz CT molecular complexity index is 404. The molecule has 0 bridgehead atoms. The predicted octanol–water partition coefficient (Wildman–Crippen LogP) is 1.61. The average molecular weight is 319 g/mol. The molecule has 1 atom stereocenters. The van der Waals surface area contributed by atoms with E-state index in [9.17, 15) is 4.79 Å². The standard InChI is InChI=1S/C10H14IN3O/c1-7-3-2-4-14(5-7)9-8(11)10(15)13-6-12-9/h6-7H,2-5H2,1H3,(H,12,13,15). The van der Waals surface area contributed by atoms with E-state index in [1.54, 1.807) is 0 Å². The highest BCUT2D eigenvalue weighted by atomic mass is 127. The lowest BCUT2D eigenvalue weighted by atomic mass is 10.0. The van der Waals surface area contributed by atoms with Crippen LogP contribution in [0.1, 0.15) is 19.8 Å². The van der Waals surface area contributed by atoms with Crippen LogP contribution in [-0.4, -0.2) is 23.1 Å². The number of piperidine rings is 1.